The molecule has 0 saturated carbocycles. The minimum Gasteiger partial charge on any atom is -0.466 e. The van der Waals surface area contributed by atoms with Crippen molar-refractivity contribution in [3.8, 4) is 0 Å². The monoisotopic (exact) mass is 259 g/mol. The van der Waals surface area contributed by atoms with Crippen molar-refractivity contribution in [3.05, 3.63) is 0 Å². The van der Waals surface area contributed by atoms with Gasteiger partial charge < -0.3 is 14.3 Å². The van der Waals surface area contributed by atoms with Crippen molar-refractivity contribution in [2.24, 2.45) is 0 Å². The second kappa shape index (κ2) is 10.7. The maximum absolute atomic E-state index is 10.5. The van der Waals surface area contributed by atoms with Gasteiger partial charge in [-0.05, 0) is 12.8 Å². The fourth-order valence-electron chi connectivity index (χ4n) is 1.41. The van der Waals surface area contributed by atoms with Gasteiger partial charge in [-0.1, -0.05) is 0 Å². The Kier molecular flexibility index (Phi) is 9.86. The van der Waals surface area contributed by atoms with E-state index in [1.54, 1.807) is 0 Å². The third-order valence-corrected chi connectivity index (χ3v) is 2.18. The van der Waals surface area contributed by atoms with Crippen molar-refractivity contribution in [3.63, 3.8) is 0 Å². The van der Waals surface area contributed by atoms with Crippen molar-refractivity contribution in [2.45, 2.75) is 26.7 Å². The first-order chi connectivity index (χ1) is 8.56. The standard InChI is InChI=1S/C12H21NO5/c1-11(15)17-9-3-5-13(7-8-14)6-4-10-18-12(2)16/h8H,3-7,9-10H2,1-2H3. The molecule has 0 aliphatic carbocycles. The quantitative estimate of drug-likeness (QED) is 0.321. The Morgan fingerprint density at radius 3 is 1.78 bits per heavy atom. The van der Waals surface area contributed by atoms with Crippen LogP contribution in [0.3, 0.4) is 0 Å². The van der Waals surface area contributed by atoms with Gasteiger partial charge in [-0.25, -0.2) is 0 Å². The van der Waals surface area contributed by atoms with Gasteiger partial charge in [0.2, 0.25) is 0 Å². The lowest BCUT2D eigenvalue weighted by Crippen LogP contribution is -2.29. The van der Waals surface area contributed by atoms with E-state index in [0.29, 0.717) is 45.7 Å². The molecule has 18 heavy (non-hydrogen) atoms. The summed E-state index contributed by atoms with van der Waals surface area (Å²) in [7, 11) is 0. The molecule has 0 aliphatic rings. The van der Waals surface area contributed by atoms with Crippen molar-refractivity contribution in [1.29, 1.82) is 0 Å². The summed E-state index contributed by atoms with van der Waals surface area (Å²) in [5.74, 6) is -0.599. The number of carbonyl (C=O) groups is 3. The van der Waals surface area contributed by atoms with Crippen LogP contribution in [0.2, 0.25) is 0 Å². The van der Waals surface area contributed by atoms with Crippen LogP contribution in [0.1, 0.15) is 26.7 Å². The number of hydrogen-bond donors (Lipinski definition) is 0. The molecule has 0 atom stereocenters. The predicted molar refractivity (Wildman–Crippen MR) is 65.0 cm³/mol. The molecule has 0 spiro atoms. The molecule has 0 rings (SSSR count). The summed E-state index contributed by atoms with van der Waals surface area (Å²) in [5, 5.41) is 0. The number of esters is 2. The summed E-state index contributed by atoms with van der Waals surface area (Å²) < 4.78 is 9.61. The molecule has 0 amide bonds. The first kappa shape index (κ1) is 16.6. The fourth-order valence-corrected chi connectivity index (χ4v) is 1.41. The minimum absolute atomic E-state index is 0.299. The molecule has 0 bridgehead atoms. The molecule has 0 heterocycles. The summed E-state index contributed by atoms with van der Waals surface area (Å²) in [6.45, 7) is 5.12. The second-order valence-electron chi connectivity index (χ2n) is 3.85. The van der Waals surface area contributed by atoms with Crippen LogP contribution in [0.25, 0.3) is 0 Å². The van der Waals surface area contributed by atoms with Gasteiger partial charge in [-0.3, -0.25) is 14.5 Å². The van der Waals surface area contributed by atoms with E-state index in [-0.39, 0.29) is 11.9 Å². The third-order valence-electron chi connectivity index (χ3n) is 2.18. The Labute approximate surface area is 107 Å². The average Bonchev–Trinajstić information content (AvgIpc) is 2.29. The van der Waals surface area contributed by atoms with E-state index in [0.717, 1.165) is 6.29 Å². The molecule has 0 N–H and O–H groups in total. The lowest BCUT2D eigenvalue weighted by molar-refractivity contribution is -0.141. The SMILES string of the molecule is CC(=O)OCCCN(CC=O)CCCOC(C)=O. The number of rotatable bonds is 10. The molecular formula is C12H21NO5. The smallest absolute Gasteiger partial charge is 0.302 e. The topological polar surface area (TPSA) is 72.9 Å². The Bertz CT molecular complexity index is 245. The number of carbonyl (C=O) groups excluding carboxylic acids is 3. The van der Waals surface area contributed by atoms with Gasteiger partial charge in [0.15, 0.2) is 0 Å². The molecule has 6 heteroatoms. The van der Waals surface area contributed by atoms with Crippen molar-refractivity contribution in [2.75, 3.05) is 32.8 Å². The zero-order valence-corrected chi connectivity index (χ0v) is 11.0. The van der Waals surface area contributed by atoms with Gasteiger partial charge in [0.25, 0.3) is 0 Å². The largest absolute Gasteiger partial charge is 0.466 e. The Hall–Kier alpha value is -1.43. The normalized spacial score (nSPS) is 10.2. The van der Waals surface area contributed by atoms with Crippen LogP contribution in [-0.4, -0.2) is 56.0 Å². The zero-order chi connectivity index (χ0) is 13.8. The van der Waals surface area contributed by atoms with Gasteiger partial charge in [-0.15, -0.1) is 0 Å². The Balaban J connectivity index is 3.67. The van der Waals surface area contributed by atoms with Crippen LogP contribution in [-0.2, 0) is 23.9 Å². The molecule has 104 valence electrons. The minimum atomic E-state index is -0.299. The summed E-state index contributed by atoms with van der Waals surface area (Å²) in [6, 6.07) is 0. The lowest BCUT2D eigenvalue weighted by atomic mass is 10.3. The van der Waals surface area contributed by atoms with Crippen LogP contribution in [0, 0.1) is 0 Å². The molecule has 0 saturated heterocycles. The van der Waals surface area contributed by atoms with Crippen LogP contribution in [0.5, 0.6) is 0 Å². The summed E-state index contributed by atoms with van der Waals surface area (Å²) in [6.07, 6.45) is 2.19. The summed E-state index contributed by atoms with van der Waals surface area (Å²) in [5.41, 5.74) is 0. The number of hydrogen-bond acceptors (Lipinski definition) is 6. The number of ether oxygens (including phenoxy) is 2. The maximum atomic E-state index is 10.5. The second-order valence-corrected chi connectivity index (χ2v) is 3.85. The van der Waals surface area contributed by atoms with Crippen molar-refractivity contribution in [1.82, 2.24) is 4.90 Å². The molecule has 0 unspecified atom stereocenters. The van der Waals surface area contributed by atoms with E-state index in [1.807, 2.05) is 4.90 Å². The molecule has 0 fully saturated rings. The van der Waals surface area contributed by atoms with Crippen LogP contribution in [0.15, 0.2) is 0 Å². The highest BCUT2D eigenvalue weighted by molar-refractivity contribution is 5.66. The lowest BCUT2D eigenvalue weighted by Gasteiger charge is -2.19. The van der Waals surface area contributed by atoms with Gasteiger partial charge in [0, 0.05) is 26.9 Å². The van der Waals surface area contributed by atoms with E-state index < -0.39 is 0 Å². The van der Waals surface area contributed by atoms with Crippen LogP contribution in [0.4, 0.5) is 0 Å². The molecule has 0 aliphatic heterocycles. The van der Waals surface area contributed by atoms with E-state index in [9.17, 15) is 14.4 Å². The molecule has 0 aromatic carbocycles. The van der Waals surface area contributed by atoms with Gasteiger partial charge in [-0.2, -0.15) is 0 Å². The molecular weight excluding hydrogens is 238 g/mol. The summed E-state index contributed by atoms with van der Waals surface area (Å²) >= 11 is 0. The van der Waals surface area contributed by atoms with E-state index in [1.165, 1.54) is 13.8 Å². The first-order valence-electron chi connectivity index (χ1n) is 5.99. The molecule has 0 radical (unpaired) electrons. The third kappa shape index (κ3) is 11.1. The molecule has 0 aromatic rings. The zero-order valence-electron chi connectivity index (χ0n) is 11.0. The Morgan fingerprint density at radius 1 is 1.00 bits per heavy atom. The van der Waals surface area contributed by atoms with E-state index in [4.69, 9.17) is 9.47 Å². The van der Waals surface area contributed by atoms with Gasteiger partial charge in [0.05, 0.1) is 19.8 Å². The summed E-state index contributed by atoms with van der Waals surface area (Å²) in [4.78, 5) is 33.5. The number of nitrogens with zero attached hydrogens (tertiary/aromatic N) is 1. The van der Waals surface area contributed by atoms with Crippen molar-refractivity contribution >= 4 is 18.2 Å². The average molecular weight is 259 g/mol. The molecule has 0 aromatic heterocycles. The van der Waals surface area contributed by atoms with Gasteiger partial charge >= 0.3 is 11.9 Å². The Morgan fingerprint density at radius 2 is 1.44 bits per heavy atom. The highest BCUT2D eigenvalue weighted by Gasteiger charge is 2.05. The first-order valence-corrected chi connectivity index (χ1v) is 5.99. The predicted octanol–water partition coefficient (Wildman–Crippen LogP) is 0.394. The van der Waals surface area contributed by atoms with E-state index >= 15 is 0 Å². The van der Waals surface area contributed by atoms with Crippen LogP contribution >= 0.6 is 0 Å². The maximum Gasteiger partial charge on any atom is 0.302 e. The van der Waals surface area contributed by atoms with Crippen molar-refractivity contribution < 1.29 is 23.9 Å². The fraction of sp³-hybridized carbons (Fsp3) is 0.750. The highest BCUT2D eigenvalue weighted by Crippen LogP contribution is 1.95. The van der Waals surface area contributed by atoms with Gasteiger partial charge in [0.1, 0.15) is 6.29 Å². The highest BCUT2D eigenvalue weighted by atomic mass is 16.5. The van der Waals surface area contributed by atoms with Crippen LogP contribution < -0.4 is 0 Å². The number of aldehydes is 1. The molecule has 6 nitrogen and oxygen atoms in total. The van der Waals surface area contributed by atoms with E-state index in [2.05, 4.69) is 0 Å².